The van der Waals surface area contributed by atoms with Crippen LogP contribution in [-0.4, -0.2) is 29.4 Å². The SMILES string of the molecule is CCc1ccccc1N[C@H]1CCN(C(=O)c2cc(C)cc(C)c2)[C@H](Cc2ccccc2)C1. The summed E-state index contributed by atoms with van der Waals surface area (Å²) in [4.78, 5) is 15.7. The fourth-order valence-corrected chi connectivity index (χ4v) is 4.98. The molecule has 0 spiro atoms. The highest BCUT2D eigenvalue weighted by atomic mass is 16.2. The predicted octanol–water partition coefficient (Wildman–Crippen LogP) is 6.19. The molecule has 0 saturated carbocycles. The highest BCUT2D eigenvalue weighted by Crippen LogP contribution is 2.27. The lowest BCUT2D eigenvalue weighted by atomic mass is 9.90. The molecule has 166 valence electrons. The summed E-state index contributed by atoms with van der Waals surface area (Å²) in [5.41, 5.74) is 6.95. The minimum atomic E-state index is 0.158. The summed E-state index contributed by atoms with van der Waals surface area (Å²) in [7, 11) is 0. The average molecular weight is 427 g/mol. The van der Waals surface area contributed by atoms with Crippen LogP contribution in [0.3, 0.4) is 0 Å². The van der Waals surface area contributed by atoms with Crippen LogP contribution >= 0.6 is 0 Å². The van der Waals surface area contributed by atoms with Crippen molar-refractivity contribution in [3.8, 4) is 0 Å². The van der Waals surface area contributed by atoms with E-state index in [1.807, 2.05) is 12.1 Å². The minimum Gasteiger partial charge on any atom is -0.382 e. The van der Waals surface area contributed by atoms with Crippen LogP contribution in [0.4, 0.5) is 5.69 Å². The molecule has 0 aromatic heterocycles. The number of carbonyl (C=O) groups is 1. The van der Waals surface area contributed by atoms with E-state index in [0.29, 0.717) is 6.04 Å². The lowest BCUT2D eigenvalue weighted by Gasteiger charge is -2.40. The monoisotopic (exact) mass is 426 g/mol. The third-order valence-corrected chi connectivity index (χ3v) is 6.52. The number of aryl methyl sites for hydroxylation is 3. The van der Waals surface area contributed by atoms with Crippen LogP contribution in [0.25, 0.3) is 0 Å². The van der Waals surface area contributed by atoms with E-state index in [0.717, 1.165) is 48.9 Å². The molecule has 2 atom stereocenters. The Hall–Kier alpha value is -3.07. The number of anilines is 1. The van der Waals surface area contributed by atoms with E-state index in [1.165, 1.54) is 16.8 Å². The number of nitrogens with zero attached hydrogens (tertiary/aromatic N) is 1. The maximum absolute atomic E-state index is 13.6. The molecule has 4 rings (SSSR count). The molecule has 1 aliphatic heterocycles. The smallest absolute Gasteiger partial charge is 0.254 e. The second-order valence-corrected chi connectivity index (χ2v) is 9.09. The first-order chi connectivity index (χ1) is 15.5. The Kier molecular flexibility index (Phi) is 6.94. The van der Waals surface area contributed by atoms with Gasteiger partial charge in [-0.15, -0.1) is 0 Å². The van der Waals surface area contributed by atoms with Crippen molar-refractivity contribution >= 4 is 11.6 Å². The van der Waals surface area contributed by atoms with Gasteiger partial charge >= 0.3 is 0 Å². The summed E-state index contributed by atoms with van der Waals surface area (Å²) < 4.78 is 0. The maximum Gasteiger partial charge on any atom is 0.254 e. The predicted molar refractivity (Wildman–Crippen MR) is 133 cm³/mol. The zero-order valence-corrected chi connectivity index (χ0v) is 19.5. The Morgan fingerprint density at radius 2 is 1.66 bits per heavy atom. The number of piperidine rings is 1. The van der Waals surface area contributed by atoms with Gasteiger partial charge in [-0.1, -0.05) is 72.6 Å². The van der Waals surface area contributed by atoms with Crippen molar-refractivity contribution in [2.45, 2.75) is 58.5 Å². The Morgan fingerprint density at radius 3 is 2.38 bits per heavy atom. The largest absolute Gasteiger partial charge is 0.382 e. The van der Waals surface area contributed by atoms with E-state index in [-0.39, 0.29) is 11.9 Å². The zero-order valence-electron chi connectivity index (χ0n) is 19.5. The molecule has 1 fully saturated rings. The van der Waals surface area contributed by atoms with Crippen LogP contribution in [0, 0.1) is 13.8 Å². The van der Waals surface area contributed by atoms with Crippen LogP contribution in [0.15, 0.2) is 72.8 Å². The molecule has 3 aromatic carbocycles. The Bertz CT molecular complexity index is 1040. The quantitative estimate of drug-likeness (QED) is 0.509. The molecule has 32 heavy (non-hydrogen) atoms. The second-order valence-electron chi connectivity index (χ2n) is 9.09. The molecular formula is C29H34N2O. The molecular weight excluding hydrogens is 392 g/mol. The molecule has 3 heteroatoms. The van der Waals surface area contributed by atoms with Crippen LogP contribution in [0.5, 0.6) is 0 Å². The van der Waals surface area contributed by atoms with Crippen LogP contribution in [-0.2, 0) is 12.8 Å². The standard InChI is InChI=1S/C29H34N2O/c1-4-24-12-8-9-13-28(24)30-26-14-15-31(27(20-26)19-23-10-6-5-7-11-23)29(32)25-17-21(2)16-22(3)18-25/h5-13,16-18,26-27,30H,4,14-15,19-20H2,1-3H3/t26-,27+/m0/s1. The molecule has 0 unspecified atom stereocenters. The number of likely N-dealkylation sites (tertiary alicyclic amines) is 1. The first kappa shape index (κ1) is 22.1. The molecule has 3 aromatic rings. The summed E-state index contributed by atoms with van der Waals surface area (Å²) in [6.07, 6.45) is 3.80. The molecule has 1 N–H and O–H groups in total. The van der Waals surface area contributed by atoms with Crippen LogP contribution < -0.4 is 5.32 Å². The number of benzene rings is 3. The first-order valence-corrected chi connectivity index (χ1v) is 11.8. The van der Waals surface area contributed by atoms with Crippen molar-refractivity contribution in [2.24, 2.45) is 0 Å². The van der Waals surface area contributed by atoms with Crippen molar-refractivity contribution in [1.29, 1.82) is 0 Å². The molecule has 1 aliphatic rings. The van der Waals surface area contributed by atoms with E-state index in [9.17, 15) is 4.79 Å². The fourth-order valence-electron chi connectivity index (χ4n) is 4.98. The van der Waals surface area contributed by atoms with Crippen LogP contribution in [0.2, 0.25) is 0 Å². The highest BCUT2D eigenvalue weighted by Gasteiger charge is 2.32. The van der Waals surface area contributed by atoms with Gasteiger partial charge in [0.05, 0.1) is 0 Å². The van der Waals surface area contributed by atoms with E-state index >= 15 is 0 Å². The number of carbonyl (C=O) groups excluding carboxylic acids is 1. The third-order valence-electron chi connectivity index (χ3n) is 6.52. The Labute approximate surface area is 192 Å². The number of amides is 1. The number of nitrogens with one attached hydrogen (secondary N) is 1. The van der Waals surface area contributed by atoms with E-state index < -0.39 is 0 Å². The first-order valence-electron chi connectivity index (χ1n) is 11.8. The molecule has 1 amide bonds. The maximum atomic E-state index is 13.6. The van der Waals surface area contributed by atoms with Crippen molar-refractivity contribution < 1.29 is 4.79 Å². The molecule has 1 heterocycles. The second kappa shape index (κ2) is 10.0. The van der Waals surface area contributed by atoms with Crippen molar-refractivity contribution in [3.63, 3.8) is 0 Å². The van der Waals surface area contributed by atoms with Crippen molar-refractivity contribution in [2.75, 3.05) is 11.9 Å². The summed E-state index contributed by atoms with van der Waals surface area (Å²) in [5, 5.41) is 3.80. The van der Waals surface area contributed by atoms with Gasteiger partial charge in [-0.3, -0.25) is 4.79 Å². The van der Waals surface area contributed by atoms with E-state index in [4.69, 9.17) is 0 Å². The summed E-state index contributed by atoms with van der Waals surface area (Å²) in [5.74, 6) is 0.158. The molecule has 0 bridgehead atoms. The number of rotatable bonds is 6. The van der Waals surface area contributed by atoms with Gasteiger partial charge < -0.3 is 10.2 Å². The van der Waals surface area contributed by atoms with Crippen molar-refractivity contribution in [1.82, 2.24) is 4.90 Å². The minimum absolute atomic E-state index is 0.158. The molecule has 1 saturated heterocycles. The summed E-state index contributed by atoms with van der Waals surface area (Å²) >= 11 is 0. The molecule has 0 aliphatic carbocycles. The average Bonchev–Trinajstić information content (AvgIpc) is 2.79. The fraction of sp³-hybridized carbons (Fsp3) is 0.345. The molecule has 3 nitrogen and oxygen atoms in total. The van der Waals surface area contributed by atoms with E-state index in [1.54, 1.807) is 0 Å². The van der Waals surface area contributed by atoms with Crippen LogP contribution in [0.1, 0.15) is 52.4 Å². The zero-order chi connectivity index (χ0) is 22.5. The number of hydrogen-bond donors (Lipinski definition) is 1. The van der Waals surface area contributed by atoms with Gasteiger partial charge in [0.15, 0.2) is 0 Å². The van der Waals surface area contributed by atoms with Gasteiger partial charge in [0, 0.05) is 29.9 Å². The van der Waals surface area contributed by atoms with Gasteiger partial charge in [0.1, 0.15) is 0 Å². The summed E-state index contributed by atoms with van der Waals surface area (Å²) in [6, 6.07) is 25.8. The molecule has 0 radical (unpaired) electrons. The lowest BCUT2D eigenvalue weighted by Crippen LogP contribution is -2.50. The normalized spacial score (nSPS) is 18.4. The van der Waals surface area contributed by atoms with Gasteiger partial charge in [-0.05, 0) is 68.9 Å². The van der Waals surface area contributed by atoms with E-state index in [2.05, 4.69) is 91.7 Å². The number of para-hydroxylation sites is 1. The lowest BCUT2D eigenvalue weighted by molar-refractivity contribution is 0.0602. The van der Waals surface area contributed by atoms with Gasteiger partial charge in [-0.25, -0.2) is 0 Å². The number of hydrogen-bond acceptors (Lipinski definition) is 2. The Morgan fingerprint density at radius 1 is 0.969 bits per heavy atom. The topological polar surface area (TPSA) is 32.3 Å². The van der Waals surface area contributed by atoms with Gasteiger partial charge in [0.2, 0.25) is 0 Å². The summed E-state index contributed by atoms with van der Waals surface area (Å²) in [6.45, 7) is 7.10. The highest BCUT2D eigenvalue weighted by molar-refractivity contribution is 5.95. The van der Waals surface area contributed by atoms with Crippen molar-refractivity contribution in [3.05, 3.63) is 101 Å². The Balaban J connectivity index is 1.57. The van der Waals surface area contributed by atoms with Gasteiger partial charge in [0.25, 0.3) is 5.91 Å². The third kappa shape index (κ3) is 5.21. The van der Waals surface area contributed by atoms with Gasteiger partial charge in [-0.2, -0.15) is 0 Å².